The molecule has 1 aliphatic heterocycles. The monoisotopic (exact) mass is 356 g/mol. The van der Waals surface area contributed by atoms with Crippen LogP contribution in [0.15, 0.2) is 30.3 Å². The van der Waals surface area contributed by atoms with Crippen LogP contribution < -0.4 is 14.8 Å². The number of aryl methyl sites for hydroxylation is 2. The van der Waals surface area contributed by atoms with E-state index in [9.17, 15) is 4.79 Å². The molecular formula is C19H24N4O3. The number of hydrogen-bond donors (Lipinski definition) is 1. The second-order valence-corrected chi connectivity index (χ2v) is 6.35. The number of carbonyl (C=O) groups is 1. The molecule has 1 atom stereocenters. The third-order valence-corrected chi connectivity index (χ3v) is 4.24. The number of benzene rings is 1. The summed E-state index contributed by atoms with van der Waals surface area (Å²) in [4.78, 5) is 23.0. The number of ether oxygens (including phenoxy) is 2. The molecule has 0 aliphatic carbocycles. The smallest absolute Gasteiger partial charge is 0.322 e. The van der Waals surface area contributed by atoms with Crippen LogP contribution in [0.1, 0.15) is 24.4 Å². The number of aromatic nitrogens is 2. The Hall–Kier alpha value is -2.83. The molecule has 138 valence electrons. The maximum atomic E-state index is 12.6. The zero-order valence-corrected chi connectivity index (χ0v) is 15.4. The van der Waals surface area contributed by atoms with E-state index >= 15 is 0 Å². The molecule has 0 spiro atoms. The van der Waals surface area contributed by atoms with Crippen LogP contribution in [-0.4, -0.2) is 47.2 Å². The van der Waals surface area contributed by atoms with Gasteiger partial charge in [0.25, 0.3) is 0 Å². The Labute approximate surface area is 153 Å². The predicted molar refractivity (Wildman–Crippen MR) is 98.7 cm³/mol. The lowest BCUT2D eigenvalue weighted by Gasteiger charge is -2.32. The second-order valence-electron chi connectivity index (χ2n) is 6.35. The zero-order chi connectivity index (χ0) is 18.5. The molecule has 7 nitrogen and oxygen atoms in total. The maximum absolute atomic E-state index is 12.6. The molecule has 7 heteroatoms. The molecule has 26 heavy (non-hydrogen) atoms. The molecule has 0 bridgehead atoms. The Morgan fingerprint density at radius 2 is 2.08 bits per heavy atom. The first-order valence-electron chi connectivity index (χ1n) is 8.73. The van der Waals surface area contributed by atoms with E-state index in [0.29, 0.717) is 36.2 Å². The summed E-state index contributed by atoms with van der Waals surface area (Å²) < 4.78 is 11.3. The van der Waals surface area contributed by atoms with Gasteiger partial charge >= 0.3 is 6.03 Å². The lowest BCUT2D eigenvalue weighted by atomic mass is 10.1. The van der Waals surface area contributed by atoms with Crippen molar-refractivity contribution in [1.82, 2.24) is 14.9 Å². The molecule has 1 saturated heterocycles. The molecule has 1 aromatic carbocycles. The molecule has 2 amide bonds. The van der Waals surface area contributed by atoms with Crippen molar-refractivity contribution in [3.63, 3.8) is 0 Å². The minimum atomic E-state index is -0.155. The van der Waals surface area contributed by atoms with Crippen molar-refractivity contribution in [2.45, 2.75) is 32.8 Å². The van der Waals surface area contributed by atoms with Crippen LogP contribution >= 0.6 is 0 Å². The van der Waals surface area contributed by atoms with Gasteiger partial charge in [0.05, 0.1) is 19.3 Å². The standard InChI is InChI=1S/C19H24N4O3/c1-13-11-18(21-14(2)20-13)26-15-7-6-10-23(12-15)19(24)22-16-8-4-5-9-17(16)25-3/h4-5,8-9,11,15H,6-7,10,12H2,1-3H3,(H,22,24). The molecule has 0 radical (unpaired) electrons. The summed E-state index contributed by atoms with van der Waals surface area (Å²) in [6.07, 6.45) is 1.69. The van der Waals surface area contributed by atoms with Crippen molar-refractivity contribution in [2.75, 3.05) is 25.5 Å². The Morgan fingerprint density at radius 1 is 1.27 bits per heavy atom. The first-order valence-corrected chi connectivity index (χ1v) is 8.73. The summed E-state index contributed by atoms with van der Waals surface area (Å²) in [5, 5.41) is 2.91. The van der Waals surface area contributed by atoms with Crippen LogP contribution in [0.4, 0.5) is 10.5 Å². The van der Waals surface area contributed by atoms with Crippen LogP contribution in [-0.2, 0) is 0 Å². The summed E-state index contributed by atoms with van der Waals surface area (Å²) >= 11 is 0. The minimum Gasteiger partial charge on any atom is -0.495 e. The van der Waals surface area contributed by atoms with Gasteiger partial charge < -0.3 is 19.7 Å². The number of nitrogens with one attached hydrogen (secondary N) is 1. The van der Waals surface area contributed by atoms with Gasteiger partial charge in [0, 0.05) is 18.3 Å². The van der Waals surface area contributed by atoms with Crippen molar-refractivity contribution in [3.8, 4) is 11.6 Å². The van der Waals surface area contributed by atoms with Gasteiger partial charge in [-0.3, -0.25) is 0 Å². The van der Waals surface area contributed by atoms with Crippen molar-refractivity contribution >= 4 is 11.7 Å². The first-order chi connectivity index (χ1) is 12.5. The molecule has 1 unspecified atom stereocenters. The number of para-hydroxylation sites is 2. The molecule has 1 aromatic heterocycles. The maximum Gasteiger partial charge on any atom is 0.322 e. The highest BCUT2D eigenvalue weighted by atomic mass is 16.5. The number of hydrogen-bond acceptors (Lipinski definition) is 5. The predicted octanol–water partition coefficient (Wildman–Crippen LogP) is 3.18. The lowest BCUT2D eigenvalue weighted by molar-refractivity contribution is 0.102. The van der Waals surface area contributed by atoms with Gasteiger partial charge in [0.2, 0.25) is 5.88 Å². The van der Waals surface area contributed by atoms with E-state index in [1.807, 2.05) is 44.2 Å². The van der Waals surface area contributed by atoms with Crippen LogP contribution in [0.3, 0.4) is 0 Å². The molecular weight excluding hydrogens is 332 g/mol. The van der Waals surface area contributed by atoms with E-state index in [-0.39, 0.29) is 12.1 Å². The number of piperidine rings is 1. The van der Waals surface area contributed by atoms with Gasteiger partial charge in [0.15, 0.2) is 0 Å². The van der Waals surface area contributed by atoms with Gasteiger partial charge in [-0.25, -0.2) is 9.78 Å². The zero-order valence-electron chi connectivity index (χ0n) is 15.4. The molecule has 0 saturated carbocycles. The topological polar surface area (TPSA) is 76.6 Å². The molecule has 3 rings (SSSR count). The fourth-order valence-electron chi connectivity index (χ4n) is 3.08. The van der Waals surface area contributed by atoms with Crippen molar-refractivity contribution in [1.29, 1.82) is 0 Å². The third kappa shape index (κ3) is 4.41. The van der Waals surface area contributed by atoms with Crippen molar-refractivity contribution in [2.24, 2.45) is 0 Å². The highest BCUT2D eigenvalue weighted by Gasteiger charge is 2.26. The van der Waals surface area contributed by atoms with E-state index in [0.717, 1.165) is 18.5 Å². The quantitative estimate of drug-likeness (QED) is 0.910. The van der Waals surface area contributed by atoms with E-state index in [1.165, 1.54) is 0 Å². The first kappa shape index (κ1) is 18.0. The third-order valence-electron chi connectivity index (χ3n) is 4.24. The fraction of sp³-hybridized carbons (Fsp3) is 0.421. The number of nitrogens with zero attached hydrogens (tertiary/aromatic N) is 3. The Morgan fingerprint density at radius 3 is 2.85 bits per heavy atom. The van der Waals surface area contributed by atoms with Gasteiger partial charge in [0.1, 0.15) is 17.7 Å². The summed E-state index contributed by atoms with van der Waals surface area (Å²) in [6, 6.07) is 9.03. The number of amides is 2. The number of carbonyl (C=O) groups excluding carboxylic acids is 1. The van der Waals surface area contributed by atoms with E-state index < -0.39 is 0 Å². The van der Waals surface area contributed by atoms with Crippen LogP contribution in [0.2, 0.25) is 0 Å². The van der Waals surface area contributed by atoms with E-state index in [2.05, 4.69) is 15.3 Å². The number of likely N-dealkylation sites (tertiary alicyclic amines) is 1. The van der Waals surface area contributed by atoms with Gasteiger partial charge in [-0.2, -0.15) is 4.98 Å². The average molecular weight is 356 g/mol. The van der Waals surface area contributed by atoms with E-state index in [1.54, 1.807) is 12.0 Å². The lowest BCUT2D eigenvalue weighted by Crippen LogP contribution is -2.46. The van der Waals surface area contributed by atoms with Crippen LogP contribution in [0.25, 0.3) is 0 Å². The molecule has 1 aliphatic rings. The largest absolute Gasteiger partial charge is 0.495 e. The van der Waals surface area contributed by atoms with Gasteiger partial charge in [-0.15, -0.1) is 0 Å². The molecule has 1 fully saturated rings. The molecule has 2 heterocycles. The van der Waals surface area contributed by atoms with Crippen molar-refractivity contribution < 1.29 is 14.3 Å². The minimum absolute atomic E-state index is 0.0825. The summed E-state index contributed by atoms with van der Waals surface area (Å²) in [5.41, 5.74) is 1.53. The average Bonchev–Trinajstić information content (AvgIpc) is 2.61. The summed E-state index contributed by atoms with van der Waals surface area (Å²) in [5.74, 6) is 1.88. The van der Waals surface area contributed by atoms with Crippen LogP contribution in [0.5, 0.6) is 11.6 Å². The molecule has 2 aromatic rings. The van der Waals surface area contributed by atoms with Crippen LogP contribution in [0, 0.1) is 13.8 Å². The number of urea groups is 1. The number of rotatable bonds is 4. The summed E-state index contributed by atoms with van der Waals surface area (Å²) in [6.45, 7) is 4.97. The number of anilines is 1. The van der Waals surface area contributed by atoms with Gasteiger partial charge in [-0.05, 0) is 38.8 Å². The summed E-state index contributed by atoms with van der Waals surface area (Å²) in [7, 11) is 1.58. The Kier molecular flexibility index (Phi) is 5.55. The highest BCUT2D eigenvalue weighted by molar-refractivity contribution is 5.91. The molecule has 1 N–H and O–H groups in total. The Balaban J connectivity index is 1.63. The fourth-order valence-corrected chi connectivity index (χ4v) is 3.08. The van der Waals surface area contributed by atoms with Gasteiger partial charge in [-0.1, -0.05) is 12.1 Å². The Bertz CT molecular complexity index is 761. The normalized spacial score (nSPS) is 16.9. The SMILES string of the molecule is COc1ccccc1NC(=O)N1CCCC(Oc2cc(C)nc(C)n2)C1. The van der Waals surface area contributed by atoms with E-state index in [4.69, 9.17) is 9.47 Å². The highest BCUT2D eigenvalue weighted by Crippen LogP contribution is 2.24. The van der Waals surface area contributed by atoms with Crippen molar-refractivity contribution in [3.05, 3.63) is 41.9 Å². The number of methoxy groups -OCH3 is 1. The second kappa shape index (κ2) is 8.03.